The molecule has 0 spiro atoms. The van der Waals surface area contributed by atoms with Gasteiger partial charge in [0, 0.05) is 11.2 Å². The van der Waals surface area contributed by atoms with Crippen molar-refractivity contribution in [3.05, 3.63) is 126 Å². The Morgan fingerprint density at radius 1 is 0.722 bits per heavy atom. The van der Waals surface area contributed by atoms with Gasteiger partial charge in [-0.15, -0.1) is 11.5 Å². The number of nitrogens with zero attached hydrogens (tertiary/aromatic N) is 1. The fraction of sp³-hybridized carbons (Fsp3) is 0.121. The fourth-order valence-electron chi connectivity index (χ4n) is 5.63. The maximum atomic E-state index is 5.51. The van der Waals surface area contributed by atoms with Crippen LogP contribution in [-0.2, 0) is 12.8 Å². The van der Waals surface area contributed by atoms with Crippen molar-refractivity contribution in [1.82, 2.24) is 4.57 Å². The van der Waals surface area contributed by atoms with Crippen LogP contribution in [0.1, 0.15) is 27.8 Å². The van der Waals surface area contributed by atoms with Crippen molar-refractivity contribution < 1.29 is 35.9 Å². The van der Waals surface area contributed by atoms with E-state index in [0.29, 0.717) is 0 Å². The number of methoxy groups -OCH3 is 1. The molecule has 1 aromatic heterocycles. The summed E-state index contributed by atoms with van der Waals surface area (Å²) in [6.45, 7) is 2.17. The van der Waals surface area contributed by atoms with Crippen molar-refractivity contribution in [3.8, 4) is 11.4 Å². The molecule has 2 nitrogen and oxygen atoms in total. The normalized spacial score (nSPS) is 12.1. The average Bonchev–Trinajstić information content (AvgIpc) is 3.19. The molecule has 36 heavy (non-hydrogen) atoms. The Kier molecular flexibility index (Phi) is 6.50. The molecule has 0 N–H and O–H groups in total. The number of aromatic nitrogens is 1. The van der Waals surface area contributed by atoms with E-state index in [1.54, 1.807) is 7.11 Å². The SMILES string of the molecule is COc1ccc2c(c1)c1c[c-]ccc1n2-c1ccc2c(c1)Cc1cc3ccc(C)cc3cc1C2.[CH3-].[U+2]. The summed E-state index contributed by atoms with van der Waals surface area (Å²) in [6, 6.07) is 34.3. The van der Waals surface area contributed by atoms with Gasteiger partial charge >= 0.3 is 31.1 Å². The fourth-order valence-corrected chi connectivity index (χ4v) is 5.63. The summed E-state index contributed by atoms with van der Waals surface area (Å²) in [7, 11) is 1.72. The van der Waals surface area contributed by atoms with E-state index >= 15 is 0 Å². The number of ether oxygens (including phenoxy) is 1. The van der Waals surface area contributed by atoms with E-state index in [1.165, 1.54) is 66.1 Å². The molecule has 0 saturated heterocycles. The third kappa shape index (κ3) is 3.87. The van der Waals surface area contributed by atoms with Gasteiger partial charge in [0.1, 0.15) is 5.75 Å². The first kappa shape index (κ1) is 24.7. The van der Waals surface area contributed by atoms with Crippen molar-refractivity contribution in [1.29, 1.82) is 0 Å². The molecule has 6 aromatic rings. The van der Waals surface area contributed by atoms with Crippen LogP contribution in [0.25, 0.3) is 38.3 Å². The van der Waals surface area contributed by atoms with Gasteiger partial charge < -0.3 is 16.7 Å². The van der Waals surface area contributed by atoms with Gasteiger partial charge in [-0.1, -0.05) is 47.5 Å². The van der Waals surface area contributed by atoms with Crippen LogP contribution < -0.4 is 4.74 Å². The van der Waals surface area contributed by atoms with Gasteiger partial charge in [-0.25, -0.2) is 0 Å². The third-order valence-corrected chi connectivity index (χ3v) is 7.34. The smallest absolute Gasteiger partial charge is 0.497 e. The molecule has 0 radical (unpaired) electrons. The van der Waals surface area contributed by atoms with Gasteiger partial charge in [0.25, 0.3) is 0 Å². The summed E-state index contributed by atoms with van der Waals surface area (Å²) < 4.78 is 7.88. The first-order valence-electron chi connectivity index (χ1n) is 11.8. The van der Waals surface area contributed by atoms with Crippen LogP contribution in [0.5, 0.6) is 5.75 Å². The molecule has 1 heterocycles. The minimum Gasteiger partial charge on any atom is -0.497 e. The van der Waals surface area contributed by atoms with Crippen molar-refractivity contribution >= 4 is 32.6 Å². The van der Waals surface area contributed by atoms with Gasteiger partial charge in [-0.05, 0) is 88.5 Å². The average molecular weight is 692 g/mol. The monoisotopic (exact) mass is 691 g/mol. The van der Waals surface area contributed by atoms with Gasteiger partial charge in [0.15, 0.2) is 0 Å². The van der Waals surface area contributed by atoms with E-state index < -0.39 is 0 Å². The minimum absolute atomic E-state index is 0. The molecule has 0 amide bonds. The Bertz CT molecular complexity index is 1760. The molecule has 0 bridgehead atoms. The van der Waals surface area contributed by atoms with E-state index in [2.05, 4.69) is 90.4 Å². The van der Waals surface area contributed by atoms with Crippen molar-refractivity contribution in [2.24, 2.45) is 0 Å². The second kappa shape index (κ2) is 9.47. The van der Waals surface area contributed by atoms with Crippen LogP contribution in [0.4, 0.5) is 0 Å². The van der Waals surface area contributed by atoms with Gasteiger partial charge in [-0.2, -0.15) is 18.2 Å². The molecular formula is C33H27NOU. The Morgan fingerprint density at radius 3 is 2.31 bits per heavy atom. The molecule has 0 unspecified atom stereocenters. The van der Waals surface area contributed by atoms with Gasteiger partial charge in [0.05, 0.1) is 7.11 Å². The van der Waals surface area contributed by atoms with Gasteiger partial charge in [0.2, 0.25) is 0 Å². The van der Waals surface area contributed by atoms with Crippen LogP contribution in [0.15, 0.2) is 84.9 Å². The summed E-state index contributed by atoms with van der Waals surface area (Å²) >= 11 is 0. The molecule has 0 aliphatic heterocycles. The summed E-state index contributed by atoms with van der Waals surface area (Å²) in [5.41, 5.74) is 10.7. The Morgan fingerprint density at radius 2 is 1.47 bits per heavy atom. The van der Waals surface area contributed by atoms with Crippen LogP contribution in [0, 0.1) is 51.5 Å². The molecule has 1 aliphatic rings. The maximum absolute atomic E-state index is 5.51. The predicted octanol–water partition coefficient (Wildman–Crippen LogP) is 8.00. The number of rotatable bonds is 2. The first-order valence-corrected chi connectivity index (χ1v) is 11.8. The summed E-state index contributed by atoms with van der Waals surface area (Å²) in [4.78, 5) is 0. The zero-order valence-corrected chi connectivity index (χ0v) is 25.0. The number of hydrogen-bond donors (Lipinski definition) is 0. The predicted molar refractivity (Wildman–Crippen MR) is 147 cm³/mol. The zero-order chi connectivity index (χ0) is 22.8. The Hall–Kier alpha value is -2.99. The molecule has 0 atom stereocenters. The number of hydrogen-bond acceptors (Lipinski definition) is 1. The van der Waals surface area contributed by atoms with E-state index in [1.807, 2.05) is 12.1 Å². The van der Waals surface area contributed by atoms with Crippen LogP contribution in [-0.4, -0.2) is 11.7 Å². The van der Waals surface area contributed by atoms with E-state index in [9.17, 15) is 0 Å². The quantitative estimate of drug-likeness (QED) is 0.168. The number of benzene rings is 5. The van der Waals surface area contributed by atoms with E-state index in [4.69, 9.17) is 4.74 Å². The number of fused-ring (bicyclic) bond motifs is 6. The van der Waals surface area contributed by atoms with Crippen molar-refractivity contribution in [3.63, 3.8) is 0 Å². The standard InChI is InChI=1S/C32H24NO.CH3.U/c1-20-7-8-21-14-25-17-26-18-27(10-9-22(26)15-24(25)16-23(21)13-20)33-31-6-4-3-5-29(31)30-19-28(34-2)11-12-32(30)33;;/h4-14,16,18-19H,15,17H2,1-2H3;1H3;/q2*-1;+2. The molecule has 174 valence electrons. The first-order chi connectivity index (χ1) is 16.7. The van der Waals surface area contributed by atoms with E-state index in [0.717, 1.165) is 18.6 Å². The molecule has 5 aromatic carbocycles. The summed E-state index contributed by atoms with van der Waals surface area (Å²) in [6.07, 6.45) is 1.97. The second-order valence-corrected chi connectivity index (χ2v) is 9.44. The molecule has 0 saturated carbocycles. The maximum Gasteiger partial charge on any atom is 2.00 e. The van der Waals surface area contributed by atoms with Crippen LogP contribution >= 0.6 is 0 Å². The molecule has 1 aliphatic carbocycles. The van der Waals surface area contributed by atoms with Crippen LogP contribution in [0.2, 0.25) is 0 Å². The van der Waals surface area contributed by atoms with E-state index in [-0.39, 0.29) is 38.5 Å². The summed E-state index contributed by atoms with van der Waals surface area (Å²) in [5.74, 6) is 0.875. The Labute approximate surface area is 236 Å². The molecule has 3 heteroatoms. The number of aryl methyl sites for hydroxylation is 1. The third-order valence-electron chi connectivity index (χ3n) is 7.34. The van der Waals surface area contributed by atoms with Crippen molar-refractivity contribution in [2.75, 3.05) is 7.11 Å². The summed E-state index contributed by atoms with van der Waals surface area (Å²) in [5, 5.41) is 5.06. The zero-order valence-electron chi connectivity index (χ0n) is 20.9. The largest absolute Gasteiger partial charge is 2.00 e. The van der Waals surface area contributed by atoms with Crippen LogP contribution in [0.3, 0.4) is 0 Å². The molecule has 0 fully saturated rings. The molecular weight excluding hydrogens is 664 g/mol. The second-order valence-electron chi connectivity index (χ2n) is 9.44. The minimum atomic E-state index is 0. The van der Waals surface area contributed by atoms with Gasteiger partial charge in [-0.3, -0.25) is 0 Å². The Balaban J connectivity index is 0.00000133. The molecule has 7 rings (SSSR count). The van der Waals surface area contributed by atoms with Crippen molar-refractivity contribution in [2.45, 2.75) is 19.8 Å². The topological polar surface area (TPSA) is 14.2 Å².